The number of ether oxygens (including phenoxy) is 1. The number of allylic oxidation sites excluding steroid dienone is 3. The summed E-state index contributed by atoms with van der Waals surface area (Å²) in [5.41, 5.74) is 0. The molecule has 0 unspecified atom stereocenters. The molecule has 0 fully saturated rings. The van der Waals surface area contributed by atoms with E-state index in [-0.39, 0.29) is 5.04 Å². The third-order valence-corrected chi connectivity index (χ3v) is 8.31. The Bertz CT molecular complexity index is 314. The molecule has 2 nitrogen and oxygen atoms in total. The molecule has 0 saturated carbocycles. The molecule has 0 aliphatic carbocycles. The molecule has 0 atom stereocenters. The van der Waals surface area contributed by atoms with Crippen LogP contribution in [0.2, 0.25) is 17.1 Å². The Balaban J connectivity index is 5.17. The van der Waals surface area contributed by atoms with Crippen molar-refractivity contribution in [2.75, 3.05) is 7.11 Å². The first-order valence-electron chi connectivity index (χ1n) is 6.12. The lowest BCUT2D eigenvalue weighted by Gasteiger charge is -2.41. The summed E-state index contributed by atoms with van der Waals surface area (Å²) in [6.45, 7) is 18.3. The van der Waals surface area contributed by atoms with Gasteiger partial charge in [-0.2, -0.15) is 0 Å². The minimum absolute atomic E-state index is 0.0826. The van der Waals surface area contributed by atoms with Crippen molar-refractivity contribution >= 4 is 8.32 Å². The van der Waals surface area contributed by atoms with E-state index < -0.39 is 8.32 Å². The average Bonchev–Trinajstić information content (AvgIpc) is 2.25. The highest BCUT2D eigenvalue weighted by atomic mass is 28.4. The Hall–Kier alpha value is -1.22. The Labute approximate surface area is 113 Å². The van der Waals surface area contributed by atoms with Gasteiger partial charge in [-0.25, -0.2) is 0 Å². The van der Waals surface area contributed by atoms with Gasteiger partial charge in [-0.05, 0) is 17.1 Å². The monoisotopic (exact) mass is 266 g/mol. The van der Waals surface area contributed by atoms with Gasteiger partial charge in [-0.1, -0.05) is 39.5 Å². The molecule has 0 N–H and O–H groups in total. The lowest BCUT2D eigenvalue weighted by Crippen LogP contribution is -2.45. The van der Waals surface area contributed by atoms with E-state index in [4.69, 9.17) is 9.16 Å². The summed E-state index contributed by atoms with van der Waals surface area (Å²) in [7, 11) is -0.450. The Morgan fingerprint density at radius 1 is 1.17 bits per heavy atom. The molecule has 102 valence electrons. The molecule has 0 aliphatic rings. The van der Waals surface area contributed by atoms with Crippen molar-refractivity contribution in [1.29, 1.82) is 0 Å². The summed E-state index contributed by atoms with van der Waals surface area (Å²) in [6.07, 6.45) is 7.20. The van der Waals surface area contributed by atoms with Crippen LogP contribution in [0.4, 0.5) is 0 Å². The van der Waals surface area contributed by atoms with Gasteiger partial charge in [0.25, 0.3) is 8.32 Å². The van der Waals surface area contributed by atoms with Crippen molar-refractivity contribution in [2.45, 2.75) is 37.9 Å². The van der Waals surface area contributed by atoms with E-state index in [1.165, 1.54) is 0 Å². The number of rotatable bonds is 8. The molecule has 0 aliphatic heterocycles. The maximum Gasteiger partial charge on any atom is 0.263 e. The van der Waals surface area contributed by atoms with Gasteiger partial charge in [0.2, 0.25) is 0 Å². The van der Waals surface area contributed by atoms with Crippen LogP contribution in [0.3, 0.4) is 0 Å². The van der Waals surface area contributed by atoms with Crippen molar-refractivity contribution in [3.05, 3.63) is 50.0 Å². The van der Waals surface area contributed by atoms with Crippen LogP contribution in [0.1, 0.15) is 20.8 Å². The topological polar surface area (TPSA) is 18.5 Å². The minimum Gasteiger partial charge on any atom is -0.543 e. The Kier molecular flexibility index (Phi) is 6.77. The van der Waals surface area contributed by atoms with Crippen LogP contribution in [0, 0.1) is 0 Å². The van der Waals surface area contributed by atoms with Crippen LogP contribution >= 0.6 is 0 Å². The molecule has 0 saturated heterocycles. The molecule has 0 aromatic heterocycles. The average molecular weight is 266 g/mol. The van der Waals surface area contributed by atoms with E-state index in [1.807, 2.05) is 12.2 Å². The highest BCUT2D eigenvalue weighted by Gasteiger charge is 2.46. The predicted octanol–water partition coefficient (Wildman–Crippen LogP) is 4.79. The van der Waals surface area contributed by atoms with Crippen molar-refractivity contribution < 1.29 is 9.16 Å². The molecule has 3 heteroatoms. The molecule has 0 radical (unpaired) electrons. The largest absolute Gasteiger partial charge is 0.543 e. The fourth-order valence-electron chi connectivity index (χ4n) is 1.83. The molecule has 18 heavy (non-hydrogen) atoms. The molecule has 0 heterocycles. The zero-order valence-electron chi connectivity index (χ0n) is 12.2. The van der Waals surface area contributed by atoms with Gasteiger partial charge in [0.05, 0.1) is 19.1 Å². The summed E-state index contributed by atoms with van der Waals surface area (Å²) < 4.78 is 11.1. The quantitative estimate of drug-likeness (QED) is 0.272. The van der Waals surface area contributed by atoms with E-state index in [0.29, 0.717) is 5.76 Å². The zero-order valence-corrected chi connectivity index (χ0v) is 13.2. The number of methoxy groups -OCH3 is 1. The minimum atomic E-state index is -2.05. The van der Waals surface area contributed by atoms with Crippen molar-refractivity contribution in [2.24, 2.45) is 0 Å². The third-order valence-electron chi connectivity index (χ3n) is 3.03. The SMILES string of the molecule is C=CC[Si](CC=C)(OC(=C)C=COC)C(C)(C)C. The summed E-state index contributed by atoms with van der Waals surface area (Å²) in [6, 6.07) is 1.75. The maximum atomic E-state index is 6.22. The summed E-state index contributed by atoms with van der Waals surface area (Å²) in [5, 5.41) is 0.0826. The van der Waals surface area contributed by atoms with Gasteiger partial charge in [0, 0.05) is 6.08 Å². The number of hydrogen-bond donors (Lipinski definition) is 0. The predicted molar refractivity (Wildman–Crippen MR) is 81.9 cm³/mol. The molecular weight excluding hydrogens is 240 g/mol. The van der Waals surface area contributed by atoms with Crippen LogP contribution in [-0.2, 0) is 9.16 Å². The Morgan fingerprint density at radius 2 is 1.67 bits per heavy atom. The number of hydrogen-bond acceptors (Lipinski definition) is 2. The van der Waals surface area contributed by atoms with Gasteiger partial charge >= 0.3 is 0 Å². The molecule has 0 rings (SSSR count). The fraction of sp³-hybridized carbons (Fsp3) is 0.467. The fourth-order valence-corrected chi connectivity index (χ4v) is 5.19. The molecule has 0 spiro atoms. The third kappa shape index (κ3) is 4.57. The molecule has 0 aromatic carbocycles. The first-order valence-corrected chi connectivity index (χ1v) is 8.44. The van der Waals surface area contributed by atoms with E-state index >= 15 is 0 Å². The summed E-state index contributed by atoms with van der Waals surface area (Å²) in [4.78, 5) is 0. The van der Waals surface area contributed by atoms with Crippen molar-refractivity contribution in [1.82, 2.24) is 0 Å². The van der Waals surface area contributed by atoms with Gasteiger partial charge in [0.15, 0.2) is 0 Å². The smallest absolute Gasteiger partial charge is 0.263 e. The first-order chi connectivity index (χ1) is 8.33. The first kappa shape index (κ1) is 16.8. The van der Waals surface area contributed by atoms with Gasteiger partial charge in [0.1, 0.15) is 0 Å². The second-order valence-corrected chi connectivity index (χ2v) is 9.85. The van der Waals surface area contributed by atoms with Crippen molar-refractivity contribution in [3.8, 4) is 0 Å². The van der Waals surface area contributed by atoms with Crippen LogP contribution < -0.4 is 0 Å². The van der Waals surface area contributed by atoms with Gasteiger partial charge < -0.3 is 9.16 Å². The Morgan fingerprint density at radius 3 is 2.00 bits per heavy atom. The summed E-state index contributed by atoms with van der Waals surface area (Å²) >= 11 is 0. The molecule has 0 amide bonds. The van der Waals surface area contributed by atoms with E-state index in [9.17, 15) is 0 Å². The molecular formula is C15H26O2Si. The van der Waals surface area contributed by atoms with Crippen LogP contribution in [-0.4, -0.2) is 15.4 Å². The van der Waals surface area contributed by atoms with E-state index in [2.05, 4.69) is 40.5 Å². The van der Waals surface area contributed by atoms with Crippen LogP contribution in [0.5, 0.6) is 0 Å². The molecule has 0 aromatic rings. The standard InChI is InChI=1S/C15H26O2Si/c1-8-12-18(13-9-2,15(4,5)6)17-14(3)10-11-16-7/h8-11H,1-3,12-13H2,4-7H3. The second-order valence-electron chi connectivity index (χ2n) is 5.34. The molecule has 0 bridgehead atoms. The van der Waals surface area contributed by atoms with Crippen molar-refractivity contribution in [3.63, 3.8) is 0 Å². The van der Waals surface area contributed by atoms with Gasteiger partial charge in [-0.3, -0.25) is 0 Å². The highest BCUT2D eigenvalue weighted by Crippen LogP contribution is 2.44. The van der Waals surface area contributed by atoms with E-state index in [0.717, 1.165) is 12.1 Å². The zero-order chi connectivity index (χ0) is 14.2. The lowest BCUT2D eigenvalue weighted by molar-refractivity contribution is 0.332. The van der Waals surface area contributed by atoms with Crippen LogP contribution in [0.15, 0.2) is 50.0 Å². The van der Waals surface area contributed by atoms with E-state index in [1.54, 1.807) is 19.4 Å². The lowest BCUT2D eigenvalue weighted by atomic mass is 10.2. The maximum absolute atomic E-state index is 6.22. The van der Waals surface area contributed by atoms with Crippen LogP contribution in [0.25, 0.3) is 0 Å². The second kappa shape index (κ2) is 7.26. The van der Waals surface area contributed by atoms with Gasteiger partial charge in [-0.15, -0.1) is 13.2 Å². The summed E-state index contributed by atoms with van der Waals surface area (Å²) in [5.74, 6) is 0.641. The highest BCUT2D eigenvalue weighted by molar-refractivity contribution is 6.77. The normalized spacial score (nSPS) is 12.2.